The molecule has 0 bridgehead atoms. The highest BCUT2D eigenvalue weighted by atomic mass is 16.5. The Balaban J connectivity index is 2.22. The van der Waals surface area contributed by atoms with Crippen molar-refractivity contribution in [1.82, 2.24) is 9.55 Å². The molecule has 0 spiro atoms. The number of Topliss-reactive ketones (excluding diaryl/α,β-unsaturated/α-hetero) is 1. The summed E-state index contributed by atoms with van der Waals surface area (Å²) in [5, 5.41) is 0. The van der Waals surface area contributed by atoms with Gasteiger partial charge in [0.05, 0.1) is 13.7 Å². The van der Waals surface area contributed by atoms with Crippen LogP contribution in [-0.2, 0) is 6.54 Å². The Kier molecular flexibility index (Phi) is 3.23. The predicted octanol–water partition coefficient (Wildman–Crippen LogP) is 2.14. The number of hydrogen-bond donors (Lipinski definition) is 0. The summed E-state index contributed by atoms with van der Waals surface area (Å²) in [5.74, 6) is 0.687. The molecule has 0 amide bonds. The monoisotopic (exact) mass is 230 g/mol. The summed E-state index contributed by atoms with van der Waals surface area (Å²) in [6.07, 6.45) is 5.40. The molecule has 88 valence electrons. The van der Waals surface area contributed by atoms with Crippen molar-refractivity contribution in [2.75, 3.05) is 7.11 Å². The van der Waals surface area contributed by atoms with Gasteiger partial charge < -0.3 is 9.30 Å². The van der Waals surface area contributed by atoms with E-state index in [4.69, 9.17) is 4.74 Å². The van der Waals surface area contributed by atoms with Gasteiger partial charge >= 0.3 is 0 Å². The maximum absolute atomic E-state index is 11.2. The van der Waals surface area contributed by atoms with E-state index in [-0.39, 0.29) is 5.78 Å². The number of ether oxygens (including phenoxy) is 1. The summed E-state index contributed by atoms with van der Waals surface area (Å²) < 4.78 is 7.12. The van der Waals surface area contributed by atoms with E-state index in [0.717, 1.165) is 5.56 Å². The number of carbonyl (C=O) groups excluding carboxylic acids is 1. The Morgan fingerprint density at radius 1 is 1.47 bits per heavy atom. The molecule has 0 atom stereocenters. The van der Waals surface area contributed by atoms with Gasteiger partial charge in [-0.3, -0.25) is 4.79 Å². The Morgan fingerprint density at radius 2 is 2.29 bits per heavy atom. The quantitative estimate of drug-likeness (QED) is 0.756. The van der Waals surface area contributed by atoms with Crippen LogP contribution < -0.4 is 4.74 Å². The lowest BCUT2D eigenvalue weighted by Crippen LogP contribution is -2.01. The van der Waals surface area contributed by atoms with Crippen molar-refractivity contribution in [1.29, 1.82) is 0 Å². The second-order valence-corrected chi connectivity index (χ2v) is 3.80. The van der Waals surface area contributed by atoms with Crippen LogP contribution in [0.3, 0.4) is 0 Å². The molecule has 0 fully saturated rings. The molecule has 0 radical (unpaired) electrons. The van der Waals surface area contributed by atoms with Crippen molar-refractivity contribution in [3.8, 4) is 5.88 Å². The van der Waals surface area contributed by atoms with Crippen LogP contribution in [0.5, 0.6) is 5.88 Å². The largest absolute Gasteiger partial charge is 0.481 e. The molecule has 4 heteroatoms. The maximum Gasteiger partial charge on any atom is 0.218 e. The number of ketones is 1. The molecule has 0 saturated carbocycles. The third-order valence-electron chi connectivity index (χ3n) is 2.55. The Morgan fingerprint density at radius 3 is 2.94 bits per heavy atom. The minimum atomic E-state index is 0.0712. The van der Waals surface area contributed by atoms with Gasteiger partial charge in [-0.05, 0) is 19.1 Å². The van der Waals surface area contributed by atoms with Crippen LogP contribution in [0.15, 0.2) is 36.8 Å². The maximum atomic E-state index is 11.2. The van der Waals surface area contributed by atoms with Gasteiger partial charge in [-0.15, -0.1) is 0 Å². The molecule has 2 heterocycles. The summed E-state index contributed by atoms with van der Waals surface area (Å²) in [6, 6.07) is 5.64. The van der Waals surface area contributed by atoms with E-state index in [1.807, 2.05) is 35.2 Å². The molecular formula is C13H14N2O2. The topological polar surface area (TPSA) is 44.1 Å². The fourth-order valence-corrected chi connectivity index (χ4v) is 1.67. The van der Waals surface area contributed by atoms with Gasteiger partial charge in [0.1, 0.15) is 0 Å². The number of methoxy groups -OCH3 is 1. The fraction of sp³-hybridized carbons (Fsp3) is 0.231. The minimum absolute atomic E-state index is 0.0712. The first-order valence-corrected chi connectivity index (χ1v) is 5.35. The second-order valence-electron chi connectivity index (χ2n) is 3.80. The third kappa shape index (κ3) is 2.53. The average molecular weight is 230 g/mol. The van der Waals surface area contributed by atoms with Crippen molar-refractivity contribution in [3.05, 3.63) is 47.9 Å². The van der Waals surface area contributed by atoms with Crippen LogP contribution in [-0.4, -0.2) is 22.4 Å². The van der Waals surface area contributed by atoms with Gasteiger partial charge in [0.25, 0.3) is 0 Å². The molecule has 4 nitrogen and oxygen atoms in total. The predicted molar refractivity (Wildman–Crippen MR) is 64.3 cm³/mol. The highest BCUT2D eigenvalue weighted by molar-refractivity contribution is 5.93. The van der Waals surface area contributed by atoms with Crippen molar-refractivity contribution < 1.29 is 9.53 Å². The second kappa shape index (κ2) is 4.82. The molecule has 2 aromatic heterocycles. The van der Waals surface area contributed by atoms with Gasteiger partial charge in [-0.25, -0.2) is 4.98 Å². The molecule has 0 aliphatic heterocycles. The molecule has 0 saturated heterocycles. The lowest BCUT2D eigenvalue weighted by atomic mass is 10.2. The first kappa shape index (κ1) is 11.4. The van der Waals surface area contributed by atoms with Crippen LogP contribution in [0.1, 0.15) is 22.8 Å². The standard InChI is InChI=1S/C13H14N2O2/c1-10(16)11-5-7-15(8-11)9-12-4-3-6-14-13(12)17-2/h3-8H,9H2,1-2H3. The summed E-state index contributed by atoms with van der Waals surface area (Å²) in [5.41, 5.74) is 1.70. The summed E-state index contributed by atoms with van der Waals surface area (Å²) >= 11 is 0. The van der Waals surface area contributed by atoms with Crippen LogP contribution in [0.2, 0.25) is 0 Å². The van der Waals surface area contributed by atoms with Gasteiger partial charge in [0.15, 0.2) is 5.78 Å². The highest BCUT2D eigenvalue weighted by Gasteiger charge is 2.06. The van der Waals surface area contributed by atoms with Gasteiger partial charge in [-0.1, -0.05) is 6.07 Å². The van der Waals surface area contributed by atoms with Crippen LogP contribution >= 0.6 is 0 Å². The number of hydrogen-bond acceptors (Lipinski definition) is 3. The number of pyridine rings is 1. The lowest BCUT2D eigenvalue weighted by molar-refractivity contribution is 0.101. The van der Waals surface area contributed by atoms with E-state index in [1.54, 1.807) is 20.2 Å². The highest BCUT2D eigenvalue weighted by Crippen LogP contribution is 2.15. The first-order valence-electron chi connectivity index (χ1n) is 5.35. The molecule has 0 N–H and O–H groups in total. The Hall–Kier alpha value is -2.10. The molecular weight excluding hydrogens is 216 g/mol. The fourth-order valence-electron chi connectivity index (χ4n) is 1.67. The Labute approximate surface area is 99.9 Å². The van der Waals surface area contributed by atoms with E-state index in [1.165, 1.54) is 0 Å². The van der Waals surface area contributed by atoms with E-state index in [0.29, 0.717) is 18.0 Å². The van der Waals surface area contributed by atoms with E-state index in [9.17, 15) is 4.79 Å². The zero-order valence-electron chi connectivity index (χ0n) is 9.88. The van der Waals surface area contributed by atoms with Crippen LogP contribution in [0.4, 0.5) is 0 Å². The van der Waals surface area contributed by atoms with Crippen molar-refractivity contribution in [3.63, 3.8) is 0 Å². The normalized spacial score (nSPS) is 10.2. The molecule has 17 heavy (non-hydrogen) atoms. The zero-order chi connectivity index (χ0) is 12.3. The van der Waals surface area contributed by atoms with Gasteiger partial charge in [0.2, 0.25) is 5.88 Å². The van der Waals surface area contributed by atoms with Gasteiger partial charge in [-0.2, -0.15) is 0 Å². The molecule has 0 unspecified atom stereocenters. The summed E-state index contributed by atoms with van der Waals surface area (Å²) in [4.78, 5) is 15.3. The number of rotatable bonds is 4. The van der Waals surface area contributed by atoms with E-state index in [2.05, 4.69) is 4.98 Å². The van der Waals surface area contributed by atoms with E-state index >= 15 is 0 Å². The van der Waals surface area contributed by atoms with Crippen molar-refractivity contribution in [2.24, 2.45) is 0 Å². The zero-order valence-corrected chi connectivity index (χ0v) is 9.88. The molecule has 0 aliphatic carbocycles. The van der Waals surface area contributed by atoms with Gasteiger partial charge in [0, 0.05) is 29.7 Å². The minimum Gasteiger partial charge on any atom is -0.481 e. The summed E-state index contributed by atoms with van der Waals surface area (Å²) in [7, 11) is 1.60. The lowest BCUT2D eigenvalue weighted by Gasteiger charge is -2.07. The smallest absolute Gasteiger partial charge is 0.218 e. The van der Waals surface area contributed by atoms with Crippen molar-refractivity contribution in [2.45, 2.75) is 13.5 Å². The molecule has 2 rings (SSSR count). The van der Waals surface area contributed by atoms with Crippen LogP contribution in [0, 0.1) is 0 Å². The molecule has 2 aromatic rings. The number of carbonyl (C=O) groups is 1. The number of aromatic nitrogens is 2. The third-order valence-corrected chi connectivity index (χ3v) is 2.55. The Bertz CT molecular complexity index is 532. The van der Waals surface area contributed by atoms with E-state index < -0.39 is 0 Å². The molecule has 0 aromatic carbocycles. The van der Waals surface area contributed by atoms with Crippen molar-refractivity contribution >= 4 is 5.78 Å². The average Bonchev–Trinajstić information content (AvgIpc) is 2.78. The first-order chi connectivity index (χ1) is 8.20. The molecule has 0 aliphatic rings. The van der Waals surface area contributed by atoms with Crippen LogP contribution in [0.25, 0.3) is 0 Å². The summed E-state index contributed by atoms with van der Waals surface area (Å²) in [6.45, 7) is 2.20. The SMILES string of the molecule is COc1ncccc1Cn1ccc(C(C)=O)c1. The number of nitrogens with zero attached hydrogens (tertiary/aromatic N) is 2.